The van der Waals surface area contributed by atoms with Gasteiger partial charge in [0, 0.05) is 24.7 Å². The van der Waals surface area contributed by atoms with E-state index < -0.39 is 26.7 Å². The number of esters is 1. The Morgan fingerprint density at radius 1 is 1.41 bits per heavy atom. The quantitative estimate of drug-likeness (QED) is 0.577. The number of rotatable bonds is 6. The molecule has 0 aliphatic carbocycles. The number of hydrogen-bond donors (Lipinski definition) is 1. The maximum Gasteiger partial charge on any atom is 0.327 e. The SMILES string of the molecule is CCOC(=O)[C@@](C)(CC1CC(c2ccc(C#CCO)cc2)=NO1)S(C)(=O)=O. The number of oxime groups is 1. The molecule has 1 N–H and O–H groups in total. The van der Waals surface area contributed by atoms with Crippen LogP contribution < -0.4 is 0 Å². The molecule has 0 spiro atoms. The van der Waals surface area contributed by atoms with Crippen LogP contribution in [0.5, 0.6) is 0 Å². The van der Waals surface area contributed by atoms with Gasteiger partial charge in [0.25, 0.3) is 0 Å². The summed E-state index contributed by atoms with van der Waals surface area (Å²) in [5.74, 6) is 4.59. The Bertz CT molecular complexity index is 879. The van der Waals surface area contributed by atoms with Crippen molar-refractivity contribution in [2.45, 2.75) is 37.5 Å². The zero-order valence-corrected chi connectivity index (χ0v) is 16.4. The minimum atomic E-state index is -3.71. The van der Waals surface area contributed by atoms with Gasteiger partial charge in [-0.1, -0.05) is 29.1 Å². The molecule has 8 heteroatoms. The van der Waals surface area contributed by atoms with Crippen molar-refractivity contribution in [3.63, 3.8) is 0 Å². The van der Waals surface area contributed by atoms with Gasteiger partial charge in [-0.25, -0.2) is 8.42 Å². The molecule has 0 aromatic heterocycles. The van der Waals surface area contributed by atoms with Crippen LogP contribution in [0, 0.1) is 11.8 Å². The van der Waals surface area contributed by atoms with Gasteiger partial charge in [-0.3, -0.25) is 4.79 Å². The van der Waals surface area contributed by atoms with Crippen LogP contribution in [0.25, 0.3) is 0 Å². The Hall–Kier alpha value is -2.37. The summed E-state index contributed by atoms with van der Waals surface area (Å²) in [4.78, 5) is 17.6. The van der Waals surface area contributed by atoms with Crippen LogP contribution in [0.1, 0.15) is 37.8 Å². The van der Waals surface area contributed by atoms with Crippen molar-refractivity contribution in [1.29, 1.82) is 0 Å². The molecule has 0 radical (unpaired) electrons. The average Bonchev–Trinajstić information content (AvgIpc) is 3.08. The third-order valence-corrected chi connectivity index (χ3v) is 6.38. The molecule has 1 aliphatic rings. The normalized spacial score (nSPS) is 18.5. The van der Waals surface area contributed by atoms with Crippen molar-refractivity contribution in [2.24, 2.45) is 5.16 Å². The van der Waals surface area contributed by atoms with E-state index in [9.17, 15) is 13.2 Å². The number of hydrogen-bond acceptors (Lipinski definition) is 7. The van der Waals surface area contributed by atoms with Crippen molar-refractivity contribution < 1.29 is 27.9 Å². The monoisotopic (exact) mass is 393 g/mol. The lowest BCUT2D eigenvalue weighted by atomic mass is 9.97. The fourth-order valence-corrected chi connectivity index (χ4v) is 3.55. The number of aliphatic hydroxyl groups is 1. The van der Waals surface area contributed by atoms with E-state index in [0.717, 1.165) is 17.4 Å². The van der Waals surface area contributed by atoms with Crippen LogP contribution in [0.15, 0.2) is 29.4 Å². The molecule has 2 atom stereocenters. The highest BCUT2D eigenvalue weighted by molar-refractivity contribution is 7.92. The van der Waals surface area contributed by atoms with Gasteiger partial charge >= 0.3 is 5.97 Å². The summed E-state index contributed by atoms with van der Waals surface area (Å²) in [5.41, 5.74) is 2.25. The molecule has 1 aliphatic heterocycles. The molecular formula is C19H23NO6S. The maximum atomic E-state index is 12.2. The van der Waals surface area contributed by atoms with Crippen molar-refractivity contribution in [3.8, 4) is 11.8 Å². The number of aliphatic hydroxyl groups excluding tert-OH is 1. The van der Waals surface area contributed by atoms with Crippen molar-refractivity contribution in [1.82, 2.24) is 0 Å². The lowest BCUT2D eigenvalue weighted by molar-refractivity contribution is -0.146. The Kier molecular flexibility index (Phi) is 6.63. The summed E-state index contributed by atoms with van der Waals surface area (Å²) in [6, 6.07) is 7.25. The molecule has 2 rings (SSSR count). The molecule has 0 fully saturated rings. The van der Waals surface area contributed by atoms with Crippen LogP contribution in [0.4, 0.5) is 0 Å². The van der Waals surface area contributed by atoms with Gasteiger partial charge in [0.1, 0.15) is 12.7 Å². The second-order valence-electron chi connectivity index (χ2n) is 6.43. The van der Waals surface area contributed by atoms with E-state index in [1.54, 1.807) is 19.1 Å². The van der Waals surface area contributed by atoms with E-state index in [1.165, 1.54) is 6.92 Å². The first-order valence-corrected chi connectivity index (χ1v) is 10.4. The molecule has 0 amide bonds. The number of ether oxygens (including phenoxy) is 1. The second-order valence-corrected chi connectivity index (χ2v) is 8.88. The van der Waals surface area contributed by atoms with Gasteiger partial charge in [0.05, 0.1) is 12.3 Å². The summed E-state index contributed by atoms with van der Waals surface area (Å²) in [7, 11) is -3.71. The second kappa shape index (κ2) is 8.55. The van der Waals surface area contributed by atoms with E-state index in [1.807, 2.05) is 12.1 Å². The highest BCUT2D eigenvalue weighted by Gasteiger charge is 2.48. The predicted octanol–water partition coefficient (Wildman–Crippen LogP) is 1.28. The molecular weight excluding hydrogens is 370 g/mol. The summed E-state index contributed by atoms with van der Waals surface area (Å²) in [6.45, 7) is 2.88. The molecule has 146 valence electrons. The summed E-state index contributed by atoms with van der Waals surface area (Å²) in [6.07, 6.45) is 0.814. The Morgan fingerprint density at radius 3 is 2.63 bits per heavy atom. The van der Waals surface area contributed by atoms with Gasteiger partial charge in [-0.2, -0.15) is 0 Å². The van der Waals surface area contributed by atoms with Crippen LogP contribution >= 0.6 is 0 Å². The minimum Gasteiger partial charge on any atom is -0.465 e. The highest BCUT2D eigenvalue weighted by Crippen LogP contribution is 2.30. The maximum absolute atomic E-state index is 12.2. The lowest BCUT2D eigenvalue weighted by Crippen LogP contribution is -2.47. The van der Waals surface area contributed by atoms with E-state index in [2.05, 4.69) is 17.0 Å². The summed E-state index contributed by atoms with van der Waals surface area (Å²) in [5, 5.41) is 12.8. The number of carbonyl (C=O) groups is 1. The lowest BCUT2D eigenvalue weighted by Gasteiger charge is -2.27. The van der Waals surface area contributed by atoms with Gasteiger partial charge in [0.15, 0.2) is 14.6 Å². The van der Waals surface area contributed by atoms with Crippen LogP contribution in [0.3, 0.4) is 0 Å². The van der Waals surface area contributed by atoms with E-state index in [0.29, 0.717) is 12.1 Å². The molecule has 1 aromatic carbocycles. The third kappa shape index (κ3) is 4.87. The van der Waals surface area contributed by atoms with Gasteiger partial charge in [-0.15, -0.1) is 0 Å². The first-order valence-electron chi connectivity index (χ1n) is 8.51. The Morgan fingerprint density at radius 2 is 2.07 bits per heavy atom. The van der Waals surface area contributed by atoms with Crippen molar-refractivity contribution in [2.75, 3.05) is 19.5 Å². The van der Waals surface area contributed by atoms with Crippen molar-refractivity contribution >= 4 is 21.5 Å². The average molecular weight is 393 g/mol. The fraction of sp³-hybridized carbons (Fsp3) is 0.474. The van der Waals surface area contributed by atoms with Crippen LogP contribution in [0.2, 0.25) is 0 Å². The minimum absolute atomic E-state index is 0.0439. The van der Waals surface area contributed by atoms with Crippen LogP contribution in [-0.2, 0) is 24.2 Å². The third-order valence-electron chi connectivity index (χ3n) is 4.41. The molecule has 0 bridgehead atoms. The van der Waals surface area contributed by atoms with E-state index in [-0.39, 0.29) is 19.6 Å². The summed E-state index contributed by atoms with van der Waals surface area (Å²) < 4.78 is 27.7. The predicted molar refractivity (Wildman–Crippen MR) is 101 cm³/mol. The molecule has 0 saturated heterocycles. The Balaban J connectivity index is 2.10. The topological polar surface area (TPSA) is 102 Å². The number of sulfone groups is 1. The number of nitrogens with zero attached hydrogens (tertiary/aromatic N) is 1. The zero-order chi connectivity index (χ0) is 20.1. The number of benzene rings is 1. The first-order chi connectivity index (χ1) is 12.7. The van der Waals surface area contributed by atoms with Gasteiger partial charge < -0.3 is 14.7 Å². The van der Waals surface area contributed by atoms with Crippen molar-refractivity contribution in [3.05, 3.63) is 35.4 Å². The zero-order valence-electron chi connectivity index (χ0n) is 15.6. The van der Waals surface area contributed by atoms with Crippen LogP contribution in [-0.4, -0.2) is 55.5 Å². The standard InChI is InChI=1S/C19H23NO6S/c1-4-25-18(22)19(2,27(3,23)24)13-16-12-17(20-26-16)15-9-7-14(8-10-15)6-5-11-21/h7-10,16,21H,4,11-13H2,1-3H3/t16?,19-/m1/s1. The fourth-order valence-electron chi connectivity index (χ4n) is 2.70. The van der Waals surface area contributed by atoms with Gasteiger partial charge in [-0.05, 0) is 31.5 Å². The smallest absolute Gasteiger partial charge is 0.327 e. The number of carbonyl (C=O) groups excluding carboxylic acids is 1. The largest absolute Gasteiger partial charge is 0.465 e. The van der Waals surface area contributed by atoms with E-state index in [4.69, 9.17) is 14.7 Å². The van der Waals surface area contributed by atoms with E-state index >= 15 is 0 Å². The molecule has 0 saturated carbocycles. The molecule has 1 heterocycles. The molecule has 1 unspecified atom stereocenters. The highest BCUT2D eigenvalue weighted by atomic mass is 32.2. The summed E-state index contributed by atoms with van der Waals surface area (Å²) >= 11 is 0. The molecule has 1 aromatic rings. The van der Waals surface area contributed by atoms with Gasteiger partial charge in [0.2, 0.25) is 0 Å². The Labute approximate surface area is 159 Å². The molecule has 27 heavy (non-hydrogen) atoms. The first kappa shape index (κ1) is 20.9. The molecule has 7 nitrogen and oxygen atoms in total.